The summed E-state index contributed by atoms with van der Waals surface area (Å²) in [5, 5.41) is 4.15. The van der Waals surface area contributed by atoms with E-state index in [1.54, 1.807) is 0 Å². The topological polar surface area (TPSA) is 51.4 Å². The highest BCUT2D eigenvalue weighted by molar-refractivity contribution is 5.53. The summed E-state index contributed by atoms with van der Waals surface area (Å²) in [5.41, 5.74) is 0.975. The summed E-state index contributed by atoms with van der Waals surface area (Å²) in [6.07, 6.45) is 8.21. The van der Waals surface area contributed by atoms with E-state index in [1.165, 1.54) is 19.3 Å². The molecule has 1 fully saturated rings. The summed E-state index contributed by atoms with van der Waals surface area (Å²) < 4.78 is 11.3. The number of nitrogens with zero attached hydrogens (tertiary/aromatic N) is 3. The molecule has 0 unspecified atom stereocenters. The Morgan fingerprint density at radius 3 is 2.91 bits per heavy atom. The van der Waals surface area contributed by atoms with Gasteiger partial charge in [0, 0.05) is 18.2 Å². The zero-order chi connectivity index (χ0) is 15.5. The van der Waals surface area contributed by atoms with Gasteiger partial charge in [0.2, 0.25) is 11.7 Å². The molecule has 2 aromatic rings. The molecule has 0 amide bonds. The normalized spacial score (nSPS) is 25.6. The third kappa shape index (κ3) is 3.07. The second-order valence-corrected chi connectivity index (χ2v) is 6.08. The van der Waals surface area contributed by atoms with Crippen LogP contribution in [0, 0.1) is 0 Å². The van der Waals surface area contributed by atoms with E-state index in [0.29, 0.717) is 24.4 Å². The average molecular weight is 311 g/mol. The third-order valence-corrected chi connectivity index (χ3v) is 4.58. The molecule has 2 aliphatic rings. The molecular weight excluding hydrogens is 290 g/mol. The molecule has 1 aromatic heterocycles. The minimum atomic E-state index is 0.0430. The predicted octanol–water partition coefficient (Wildman–Crippen LogP) is 3.22. The number of hydrogen-bond donors (Lipinski definition) is 0. The van der Waals surface area contributed by atoms with Crippen molar-refractivity contribution in [3.8, 4) is 11.4 Å². The maximum atomic E-state index is 5.68. The van der Waals surface area contributed by atoms with Gasteiger partial charge in [-0.2, -0.15) is 4.98 Å². The highest BCUT2D eigenvalue weighted by atomic mass is 16.5. The molecule has 0 radical (unpaired) electrons. The number of hydrogen-bond acceptors (Lipinski definition) is 5. The van der Waals surface area contributed by atoms with E-state index in [1.807, 2.05) is 30.3 Å². The molecule has 1 aliphatic carbocycles. The number of aromatic nitrogens is 2. The van der Waals surface area contributed by atoms with Crippen LogP contribution >= 0.6 is 0 Å². The van der Waals surface area contributed by atoms with Gasteiger partial charge in [-0.1, -0.05) is 47.6 Å². The van der Waals surface area contributed by atoms with Crippen LogP contribution < -0.4 is 0 Å². The molecule has 4 rings (SSSR count). The van der Waals surface area contributed by atoms with Crippen LogP contribution in [0.2, 0.25) is 0 Å². The van der Waals surface area contributed by atoms with Crippen molar-refractivity contribution in [2.75, 3.05) is 19.8 Å². The molecule has 120 valence electrons. The van der Waals surface area contributed by atoms with E-state index in [0.717, 1.165) is 18.7 Å². The molecule has 0 bridgehead atoms. The highest BCUT2D eigenvalue weighted by Crippen LogP contribution is 2.30. The van der Waals surface area contributed by atoms with Crippen molar-refractivity contribution < 1.29 is 9.26 Å². The van der Waals surface area contributed by atoms with E-state index in [-0.39, 0.29) is 6.04 Å². The molecule has 0 spiro atoms. The fourth-order valence-corrected chi connectivity index (χ4v) is 3.37. The summed E-state index contributed by atoms with van der Waals surface area (Å²) in [7, 11) is 0. The molecule has 2 atom stereocenters. The lowest BCUT2D eigenvalue weighted by Gasteiger charge is -2.39. The van der Waals surface area contributed by atoms with Gasteiger partial charge in [-0.05, 0) is 19.3 Å². The van der Waals surface area contributed by atoms with Crippen LogP contribution in [-0.2, 0) is 4.74 Å². The monoisotopic (exact) mass is 311 g/mol. The van der Waals surface area contributed by atoms with Gasteiger partial charge < -0.3 is 9.26 Å². The molecule has 5 nitrogen and oxygen atoms in total. The SMILES string of the molecule is C1=C[C@@H](N2CCOC[C@H]2c2nc(-c3ccccc3)no2)CCC1. The van der Waals surface area contributed by atoms with Crippen LogP contribution in [0.4, 0.5) is 0 Å². The van der Waals surface area contributed by atoms with Crippen LogP contribution in [0.5, 0.6) is 0 Å². The number of benzene rings is 1. The smallest absolute Gasteiger partial charge is 0.246 e. The van der Waals surface area contributed by atoms with Crippen LogP contribution in [0.25, 0.3) is 11.4 Å². The first-order valence-corrected chi connectivity index (χ1v) is 8.31. The molecule has 1 aliphatic heterocycles. The average Bonchev–Trinajstić information content (AvgIpc) is 3.13. The van der Waals surface area contributed by atoms with E-state index in [2.05, 4.69) is 27.2 Å². The third-order valence-electron chi connectivity index (χ3n) is 4.58. The lowest BCUT2D eigenvalue weighted by atomic mass is 9.99. The van der Waals surface area contributed by atoms with Gasteiger partial charge in [-0.25, -0.2) is 0 Å². The number of morpholine rings is 1. The number of rotatable bonds is 3. The van der Waals surface area contributed by atoms with E-state index < -0.39 is 0 Å². The van der Waals surface area contributed by atoms with Gasteiger partial charge in [0.15, 0.2) is 0 Å². The Morgan fingerprint density at radius 1 is 1.17 bits per heavy atom. The number of allylic oxidation sites excluding steroid dienone is 1. The Hall–Kier alpha value is -1.98. The van der Waals surface area contributed by atoms with Gasteiger partial charge >= 0.3 is 0 Å². The first-order valence-electron chi connectivity index (χ1n) is 8.31. The zero-order valence-electron chi connectivity index (χ0n) is 13.1. The van der Waals surface area contributed by atoms with Crippen molar-refractivity contribution in [3.05, 3.63) is 48.4 Å². The summed E-state index contributed by atoms with van der Waals surface area (Å²) in [6, 6.07) is 10.4. The van der Waals surface area contributed by atoms with Crippen molar-refractivity contribution in [3.63, 3.8) is 0 Å². The van der Waals surface area contributed by atoms with E-state index in [9.17, 15) is 0 Å². The maximum Gasteiger partial charge on any atom is 0.246 e. The van der Waals surface area contributed by atoms with Crippen molar-refractivity contribution in [2.24, 2.45) is 0 Å². The fourth-order valence-electron chi connectivity index (χ4n) is 3.37. The highest BCUT2D eigenvalue weighted by Gasteiger charge is 2.33. The van der Waals surface area contributed by atoms with Crippen LogP contribution in [0.3, 0.4) is 0 Å². The number of ether oxygens (including phenoxy) is 1. The van der Waals surface area contributed by atoms with Crippen molar-refractivity contribution in [1.29, 1.82) is 0 Å². The first-order chi connectivity index (χ1) is 11.4. The molecule has 1 saturated heterocycles. The Kier molecular flexibility index (Phi) is 4.22. The standard InChI is InChI=1S/C18H21N3O2/c1-3-7-14(8-4-1)17-19-18(23-20-17)16-13-22-12-11-21(16)15-9-5-2-6-10-15/h1,3-5,7-9,15-16H,2,6,10-13H2/t15-,16+/m1/s1. The molecular formula is C18H21N3O2. The van der Waals surface area contributed by atoms with E-state index >= 15 is 0 Å². The van der Waals surface area contributed by atoms with Gasteiger partial charge in [-0.3, -0.25) is 4.90 Å². The minimum Gasteiger partial charge on any atom is -0.378 e. The molecule has 0 N–H and O–H groups in total. The summed E-state index contributed by atoms with van der Waals surface area (Å²) in [6.45, 7) is 2.28. The van der Waals surface area contributed by atoms with Crippen molar-refractivity contribution >= 4 is 0 Å². The molecule has 5 heteroatoms. The van der Waals surface area contributed by atoms with Gasteiger partial charge in [0.1, 0.15) is 6.04 Å². The Bertz CT molecular complexity index is 668. The summed E-state index contributed by atoms with van der Waals surface area (Å²) in [5.74, 6) is 1.30. The summed E-state index contributed by atoms with van der Waals surface area (Å²) in [4.78, 5) is 7.07. The van der Waals surface area contributed by atoms with Crippen LogP contribution in [0.15, 0.2) is 47.0 Å². The second-order valence-electron chi connectivity index (χ2n) is 6.08. The molecule has 0 saturated carbocycles. The quantitative estimate of drug-likeness (QED) is 0.815. The Morgan fingerprint density at radius 2 is 2.09 bits per heavy atom. The van der Waals surface area contributed by atoms with Gasteiger partial charge in [-0.15, -0.1) is 0 Å². The summed E-state index contributed by atoms with van der Waals surface area (Å²) >= 11 is 0. The minimum absolute atomic E-state index is 0.0430. The first kappa shape index (κ1) is 14.6. The van der Waals surface area contributed by atoms with Gasteiger partial charge in [0.25, 0.3) is 0 Å². The van der Waals surface area contributed by atoms with Crippen LogP contribution in [-0.4, -0.2) is 40.8 Å². The molecule has 1 aromatic carbocycles. The van der Waals surface area contributed by atoms with Crippen molar-refractivity contribution in [2.45, 2.75) is 31.3 Å². The van der Waals surface area contributed by atoms with Gasteiger partial charge in [0.05, 0.1) is 13.2 Å². The zero-order valence-corrected chi connectivity index (χ0v) is 13.1. The van der Waals surface area contributed by atoms with Crippen LogP contribution in [0.1, 0.15) is 31.2 Å². The molecule has 23 heavy (non-hydrogen) atoms. The van der Waals surface area contributed by atoms with E-state index in [4.69, 9.17) is 9.26 Å². The fraction of sp³-hybridized carbons (Fsp3) is 0.444. The maximum absolute atomic E-state index is 5.68. The lowest BCUT2D eigenvalue weighted by Crippen LogP contribution is -2.45. The largest absolute Gasteiger partial charge is 0.378 e. The predicted molar refractivity (Wildman–Crippen MR) is 86.8 cm³/mol. The Balaban J connectivity index is 1.59. The second kappa shape index (κ2) is 6.64. The Labute approximate surface area is 135 Å². The molecule has 2 heterocycles. The lowest BCUT2D eigenvalue weighted by molar-refractivity contribution is -0.0346. The van der Waals surface area contributed by atoms with Crippen molar-refractivity contribution in [1.82, 2.24) is 15.0 Å².